The van der Waals surface area contributed by atoms with Gasteiger partial charge in [-0.1, -0.05) is 44.9 Å². The molecule has 2 rings (SSSR count). The molecule has 1 aliphatic heterocycles. The lowest BCUT2D eigenvalue weighted by atomic mass is 9.91. The van der Waals surface area contributed by atoms with Crippen LogP contribution in [0.25, 0.3) is 0 Å². The highest BCUT2D eigenvalue weighted by Crippen LogP contribution is 2.43. The van der Waals surface area contributed by atoms with Crippen molar-refractivity contribution in [2.45, 2.75) is 64.7 Å². The number of allylic oxidation sites excluding steroid dienone is 2. The highest BCUT2D eigenvalue weighted by molar-refractivity contribution is 7.85. The van der Waals surface area contributed by atoms with Crippen LogP contribution >= 0.6 is 15.9 Å². The summed E-state index contributed by atoms with van der Waals surface area (Å²) in [7, 11) is 2.75. The van der Waals surface area contributed by atoms with Crippen molar-refractivity contribution < 1.29 is 0 Å². The Morgan fingerprint density at radius 3 is 2.00 bits per heavy atom. The molecule has 1 saturated carbocycles. The summed E-state index contributed by atoms with van der Waals surface area (Å²) in [5.74, 6) is 0.860. The van der Waals surface area contributed by atoms with E-state index in [1.54, 1.807) is 5.31 Å². The van der Waals surface area contributed by atoms with Gasteiger partial charge < -0.3 is 0 Å². The van der Waals surface area contributed by atoms with Crippen LogP contribution in [0.4, 0.5) is 0 Å². The van der Waals surface area contributed by atoms with Gasteiger partial charge in [0.05, 0.1) is 13.7 Å². The molecule has 3 heteroatoms. The summed E-state index contributed by atoms with van der Waals surface area (Å²) >= 11 is 0. The molecule has 0 atom stereocenters. The number of nitrogens with zero attached hydrogens (tertiary/aromatic N) is 1. The van der Waals surface area contributed by atoms with E-state index in [1.165, 1.54) is 79.4 Å². The predicted octanol–water partition coefficient (Wildman–Crippen LogP) is 5.70. The first-order valence-corrected chi connectivity index (χ1v) is 9.15. The molecule has 1 heterocycles. The van der Waals surface area contributed by atoms with Gasteiger partial charge in [-0.2, -0.15) is 0 Å². The van der Waals surface area contributed by atoms with Crippen molar-refractivity contribution in [1.29, 1.82) is 0 Å². The molecule has 0 aromatic heterocycles. The van der Waals surface area contributed by atoms with Crippen molar-refractivity contribution >= 4 is 15.9 Å². The first-order valence-electron chi connectivity index (χ1n) is 6.70. The van der Waals surface area contributed by atoms with Crippen LogP contribution in [0.3, 0.4) is 0 Å². The third kappa shape index (κ3) is 3.57. The number of hydrogen-bond acceptors (Lipinski definition) is 0. The predicted molar refractivity (Wildman–Crippen MR) is 73.7 cm³/mol. The molecule has 0 amide bonds. The van der Waals surface area contributed by atoms with Crippen LogP contribution in [0.5, 0.6) is 0 Å². The van der Waals surface area contributed by atoms with Gasteiger partial charge in [-0.05, 0) is 33.6 Å². The normalized spacial score (nSPS) is 26.6. The van der Waals surface area contributed by atoms with Gasteiger partial charge in [0.25, 0.3) is 0 Å². The maximum atomic E-state index is 4.53. The van der Waals surface area contributed by atoms with Crippen molar-refractivity contribution in [1.82, 2.24) is 5.09 Å². The van der Waals surface area contributed by atoms with E-state index in [9.17, 15) is 0 Å². The summed E-state index contributed by atoms with van der Waals surface area (Å²) in [4.78, 5) is 0. The molecule has 0 aromatic carbocycles. The zero-order chi connectivity index (χ0) is 11.2. The van der Waals surface area contributed by atoms with E-state index in [0.29, 0.717) is 0 Å². The van der Waals surface area contributed by atoms with E-state index in [0.717, 1.165) is 5.92 Å². The molecule has 1 nitrogen and oxygen atoms in total. The molecular weight excluding hydrogens is 232 g/mol. The minimum Gasteiger partial charge on any atom is -0.227 e. The molecule has 0 N–H and O–H groups in total. The Morgan fingerprint density at radius 1 is 0.938 bits per heavy atom. The van der Waals surface area contributed by atoms with Crippen molar-refractivity contribution in [3.8, 4) is 0 Å². The van der Waals surface area contributed by atoms with E-state index in [-0.39, 0.29) is 0 Å². The largest absolute Gasteiger partial charge is 0.227 e. The van der Waals surface area contributed by atoms with Crippen LogP contribution in [-0.4, -0.2) is 0 Å². The fourth-order valence-electron chi connectivity index (χ4n) is 2.72. The molecule has 0 aromatic rings. The van der Waals surface area contributed by atoms with Gasteiger partial charge in [-0.15, -0.1) is 0 Å². The van der Waals surface area contributed by atoms with E-state index in [4.69, 9.17) is 0 Å². The fraction of sp³-hybridized carbons (Fsp3) is 0.846. The smallest absolute Gasteiger partial charge is 0.0699 e. The van der Waals surface area contributed by atoms with Crippen molar-refractivity contribution in [2.24, 2.45) is 5.92 Å². The van der Waals surface area contributed by atoms with Gasteiger partial charge in [-0.25, -0.2) is 5.09 Å². The Balaban J connectivity index is 1.94. The maximum Gasteiger partial charge on any atom is 0.0699 e. The van der Waals surface area contributed by atoms with Gasteiger partial charge in [-0.3, -0.25) is 0 Å². The molecule has 0 bridgehead atoms. The van der Waals surface area contributed by atoms with Crippen LogP contribution in [-0.2, 0) is 0 Å². The van der Waals surface area contributed by atoms with E-state index < -0.39 is 0 Å². The second kappa shape index (κ2) is 6.77. The third-order valence-corrected chi connectivity index (χ3v) is 6.28. The molecule has 89 valence electrons. The number of hydrogen-bond donors (Lipinski definition) is 0. The topological polar surface area (TPSA) is 14.1 Å². The Bertz CT molecular complexity index is 274. The van der Waals surface area contributed by atoms with Crippen LogP contribution < -0.4 is 5.09 Å². The van der Waals surface area contributed by atoms with E-state index in [1.807, 2.05) is 0 Å². The monoisotopic (exact) mass is 254 g/mol. The zero-order valence-corrected chi connectivity index (χ0v) is 12.1. The SMILES string of the molecule is CC1=C(C2CCCCCCCCC2)P=P[N]1. The lowest BCUT2D eigenvalue weighted by Gasteiger charge is -2.18. The second-order valence-corrected chi connectivity index (χ2v) is 7.21. The Labute approximate surface area is 103 Å². The van der Waals surface area contributed by atoms with Crippen molar-refractivity contribution in [2.75, 3.05) is 0 Å². The summed E-state index contributed by atoms with van der Waals surface area (Å²) in [6.07, 6.45) is 13.0. The van der Waals surface area contributed by atoms with Crippen molar-refractivity contribution in [3.05, 3.63) is 11.0 Å². The second-order valence-electron chi connectivity index (χ2n) is 5.01. The quantitative estimate of drug-likeness (QED) is 0.533. The van der Waals surface area contributed by atoms with E-state index in [2.05, 4.69) is 12.0 Å². The molecule has 1 fully saturated rings. The van der Waals surface area contributed by atoms with Gasteiger partial charge in [0.2, 0.25) is 0 Å². The van der Waals surface area contributed by atoms with Gasteiger partial charge >= 0.3 is 0 Å². The number of rotatable bonds is 1. The zero-order valence-electron chi connectivity index (χ0n) is 10.3. The fourth-order valence-corrected chi connectivity index (χ4v) is 5.55. The third-order valence-electron chi connectivity index (χ3n) is 3.71. The Kier molecular flexibility index (Phi) is 5.33. The standard InChI is InChI=1S/C13H22NP2/c1-11-13(15-16-14-11)12-9-7-5-3-2-4-6-8-10-12/h12H,2-10H2,1H3. The average Bonchev–Trinajstić information content (AvgIpc) is 2.72. The van der Waals surface area contributed by atoms with Gasteiger partial charge in [0.1, 0.15) is 0 Å². The molecule has 0 unspecified atom stereocenters. The van der Waals surface area contributed by atoms with Crippen LogP contribution in [0, 0.1) is 5.92 Å². The lowest BCUT2D eigenvalue weighted by Crippen LogP contribution is -2.04. The molecular formula is C13H22NP2. The average molecular weight is 254 g/mol. The highest BCUT2D eigenvalue weighted by atomic mass is 31.7. The van der Waals surface area contributed by atoms with Crippen LogP contribution in [0.15, 0.2) is 11.0 Å². The van der Waals surface area contributed by atoms with Crippen molar-refractivity contribution in [3.63, 3.8) is 0 Å². The summed E-state index contributed by atoms with van der Waals surface area (Å²) in [5, 5.41) is 6.20. The minimum absolute atomic E-state index is 0.860. The minimum atomic E-state index is 0.860. The summed E-state index contributed by atoms with van der Waals surface area (Å²) in [6, 6.07) is 0. The van der Waals surface area contributed by atoms with E-state index >= 15 is 0 Å². The first-order chi connectivity index (χ1) is 7.88. The lowest BCUT2D eigenvalue weighted by molar-refractivity contribution is 0.438. The Hall–Kier alpha value is 0.140. The van der Waals surface area contributed by atoms with Gasteiger partial charge in [0.15, 0.2) is 0 Å². The summed E-state index contributed by atoms with van der Waals surface area (Å²) < 4.78 is 0. The molecule has 2 aliphatic rings. The maximum absolute atomic E-state index is 4.53. The molecule has 0 saturated heterocycles. The Morgan fingerprint density at radius 2 is 1.50 bits per heavy atom. The first kappa shape index (κ1) is 12.6. The van der Waals surface area contributed by atoms with Crippen LogP contribution in [0.1, 0.15) is 64.7 Å². The summed E-state index contributed by atoms with van der Waals surface area (Å²) in [6.45, 7) is 2.21. The summed E-state index contributed by atoms with van der Waals surface area (Å²) in [5.41, 5.74) is 1.35. The van der Waals surface area contributed by atoms with Gasteiger partial charge in [0, 0.05) is 5.31 Å². The molecule has 1 radical (unpaired) electrons. The van der Waals surface area contributed by atoms with Crippen LogP contribution in [0.2, 0.25) is 0 Å². The molecule has 1 aliphatic carbocycles. The molecule has 0 spiro atoms. The molecule has 16 heavy (non-hydrogen) atoms. The highest BCUT2D eigenvalue weighted by Gasteiger charge is 2.19.